The SMILES string of the molecule is N#Cc1cc(NC(=O)c2c(Cl)c(NCS(=O)(=O)N3CCC(O)C3)c3n2CCC3)ccn1. The summed E-state index contributed by atoms with van der Waals surface area (Å²) in [6.07, 6.45) is 2.65. The van der Waals surface area contributed by atoms with E-state index in [4.69, 9.17) is 16.9 Å². The maximum atomic E-state index is 13.0. The molecule has 164 valence electrons. The van der Waals surface area contributed by atoms with Crippen LogP contribution in [0.25, 0.3) is 0 Å². The van der Waals surface area contributed by atoms with Crippen molar-refractivity contribution < 1.29 is 18.3 Å². The summed E-state index contributed by atoms with van der Waals surface area (Å²) in [5.74, 6) is -0.838. The Morgan fingerprint density at radius 3 is 2.94 bits per heavy atom. The minimum Gasteiger partial charge on any atom is -0.392 e. The zero-order valence-electron chi connectivity index (χ0n) is 16.5. The van der Waals surface area contributed by atoms with E-state index in [2.05, 4.69) is 15.6 Å². The van der Waals surface area contributed by atoms with E-state index >= 15 is 0 Å². The minimum absolute atomic E-state index is 0.0793. The largest absolute Gasteiger partial charge is 0.392 e. The number of carbonyl (C=O) groups excluding carboxylic acids is 1. The Morgan fingerprint density at radius 1 is 1.42 bits per heavy atom. The van der Waals surface area contributed by atoms with Crippen LogP contribution in [0.15, 0.2) is 18.3 Å². The topological polar surface area (TPSA) is 140 Å². The lowest BCUT2D eigenvalue weighted by Crippen LogP contribution is -2.34. The fourth-order valence-electron chi connectivity index (χ4n) is 3.92. The molecule has 0 saturated carbocycles. The Morgan fingerprint density at radius 2 is 2.23 bits per heavy atom. The molecule has 0 bridgehead atoms. The second-order valence-corrected chi connectivity index (χ2v) is 9.82. The summed E-state index contributed by atoms with van der Waals surface area (Å²) in [7, 11) is -3.64. The summed E-state index contributed by atoms with van der Waals surface area (Å²) in [5, 5.41) is 24.4. The third-order valence-electron chi connectivity index (χ3n) is 5.41. The van der Waals surface area contributed by atoms with Gasteiger partial charge in [-0.15, -0.1) is 0 Å². The van der Waals surface area contributed by atoms with Crippen molar-refractivity contribution in [3.8, 4) is 6.07 Å². The summed E-state index contributed by atoms with van der Waals surface area (Å²) in [4.78, 5) is 16.8. The number of halogens is 1. The highest BCUT2D eigenvalue weighted by molar-refractivity contribution is 7.89. The highest BCUT2D eigenvalue weighted by atomic mass is 35.5. The van der Waals surface area contributed by atoms with Crippen LogP contribution in [0.3, 0.4) is 0 Å². The van der Waals surface area contributed by atoms with Gasteiger partial charge in [0.15, 0.2) is 0 Å². The first-order valence-corrected chi connectivity index (χ1v) is 11.8. The lowest BCUT2D eigenvalue weighted by Gasteiger charge is -2.17. The van der Waals surface area contributed by atoms with Crippen molar-refractivity contribution in [3.63, 3.8) is 0 Å². The number of pyridine rings is 1. The fraction of sp³-hybridized carbons (Fsp3) is 0.421. The van der Waals surface area contributed by atoms with Gasteiger partial charge in [-0.25, -0.2) is 13.4 Å². The number of anilines is 2. The average Bonchev–Trinajstić information content (AvgIpc) is 3.43. The van der Waals surface area contributed by atoms with Gasteiger partial charge in [0.05, 0.1) is 16.8 Å². The lowest BCUT2D eigenvalue weighted by molar-refractivity contribution is 0.101. The van der Waals surface area contributed by atoms with Crippen LogP contribution in [0.2, 0.25) is 5.02 Å². The molecule has 1 unspecified atom stereocenters. The van der Waals surface area contributed by atoms with Crippen LogP contribution < -0.4 is 10.6 Å². The number of fused-ring (bicyclic) bond motifs is 1. The van der Waals surface area contributed by atoms with Crippen LogP contribution in [0, 0.1) is 11.3 Å². The first kappa shape index (κ1) is 21.6. The van der Waals surface area contributed by atoms with Gasteiger partial charge < -0.3 is 20.3 Å². The number of aliphatic hydroxyl groups is 1. The van der Waals surface area contributed by atoms with Crippen molar-refractivity contribution in [2.75, 3.05) is 29.6 Å². The van der Waals surface area contributed by atoms with Crippen LogP contribution in [0.4, 0.5) is 11.4 Å². The number of hydrogen-bond donors (Lipinski definition) is 3. The van der Waals surface area contributed by atoms with E-state index in [0.717, 1.165) is 12.1 Å². The summed E-state index contributed by atoms with van der Waals surface area (Å²) in [6, 6.07) is 4.93. The molecule has 0 radical (unpaired) electrons. The molecule has 4 heterocycles. The van der Waals surface area contributed by atoms with E-state index in [9.17, 15) is 18.3 Å². The summed E-state index contributed by atoms with van der Waals surface area (Å²) in [5.41, 5.74) is 2.02. The molecule has 2 aliphatic heterocycles. The number of nitriles is 1. The first-order chi connectivity index (χ1) is 14.8. The van der Waals surface area contributed by atoms with Gasteiger partial charge in [0, 0.05) is 37.2 Å². The van der Waals surface area contributed by atoms with Crippen molar-refractivity contribution >= 4 is 38.9 Å². The van der Waals surface area contributed by atoms with Gasteiger partial charge in [-0.3, -0.25) is 4.79 Å². The maximum Gasteiger partial charge on any atom is 0.273 e. The van der Waals surface area contributed by atoms with Gasteiger partial charge in [0.1, 0.15) is 23.3 Å². The van der Waals surface area contributed by atoms with E-state index in [1.165, 1.54) is 16.6 Å². The molecule has 0 aromatic carbocycles. The molecular formula is C19H21ClN6O4S. The second-order valence-electron chi connectivity index (χ2n) is 7.47. The molecule has 0 spiro atoms. The van der Waals surface area contributed by atoms with Crippen molar-refractivity contribution in [3.05, 3.63) is 40.4 Å². The third kappa shape index (κ3) is 4.24. The van der Waals surface area contributed by atoms with Crippen LogP contribution in [-0.4, -0.2) is 58.4 Å². The fourth-order valence-corrected chi connectivity index (χ4v) is 5.58. The predicted octanol–water partition coefficient (Wildman–Crippen LogP) is 1.37. The lowest BCUT2D eigenvalue weighted by atomic mass is 10.2. The molecule has 2 aromatic heterocycles. The minimum atomic E-state index is -3.64. The number of amides is 1. The standard InChI is InChI=1S/C19H21ClN6O4S/c20-16-17(23-11-31(29,30)25-7-4-14(27)10-25)15-2-1-6-26(15)18(16)19(28)24-12-3-5-22-13(8-12)9-21/h3,5,8,14,23,27H,1-2,4,6-7,10-11H2,(H,22,24,28). The van der Waals surface area contributed by atoms with Crippen LogP contribution in [0.1, 0.15) is 34.7 Å². The third-order valence-corrected chi connectivity index (χ3v) is 7.40. The zero-order valence-corrected chi connectivity index (χ0v) is 18.1. The van der Waals surface area contributed by atoms with E-state index < -0.39 is 22.0 Å². The summed E-state index contributed by atoms with van der Waals surface area (Å²) in [6.45, 7) is 0.942. The molecule has 1 amide bonds. The van der Waals surface area contributed by atoms with Crippen molar-refractivity contribution in [1.82, 2.24) is 13.9 Å². The number of sulfonamides is 1. The first-order valence-electron chi connectivity index (χ1n) is 9.78. The smallest absolute Gasteiger partial charge is 0.273 e. The quantitative estimate of drug-likeness (QED) is 0.586. The highest BCUT2D eigenvalue weighted by Gasteiger charge is 2.33. The number of nitrogens with zero attached hydrogens (tertiary/aromatic N) is 4. The van der Waals surface area contributed by atoms with Crippen LogP contribution in [-0.2, 0) is 23.0 Å². The molecule has 31 heavy (non-hydrogen) atoms. The molecule has 2 aliphatic rings. The zero-order chi connectivity index (χ0) is 22.2. The molecule has 12 heteroatoms. The van der Waals surface area contributed by atoms with Crippen molar-refractivity contribution in [2.24, 2.45) is 0 Å². The van der Waals surface area contributed by atoms with E-state index in [1.807, 2.05) is 6.07 Å². The number of aromatic nitrogens is 2. The van der Waals surface area contributed by atoms with E-state index in [-0.39, 0.29) is 35.4 Å². The van der Waals surface area contributed by atoms with Gasteiger partial charge in [-0.05, 0) is 31.4 Å². The molecule has 1 saturated heterocycles. The second kappa shape index (κ2) is 8.47. The Labute approximate surface area is 184 Å². The maximum absolute atomic E-state index is 13.0. The van der Waals surface area contributed by atoms with Gasteiger partial charge in [0.25, 0.3) is 5.91 Å². The Balaban J connectivity index is 1.56. The number of β-amino-alcohol motifs (C(OH)–C–C–N with tert-alkyl or cyclic N) is 1. The van der Waals surface area contributed by atoms with Gasteiger partial charge >= 0.3 is 0 Å². The molecular weight excluding hydrogens is 444 g/mol. The van der Waals surface area contributed by atoms with Gasteiger partial charge in [-0.2, -0.15) is 9.57 Å². The van der Waals surface area contributed by atoms with E-state index in [0.29, 0.717) is 30.8 Å². The molecule has 1 fully saturated rings. The molecule has 10 nitrogen and oxygen atoms in total. The monoisotopic (exact) mass is 464 g/mol. The van der Waals surface area contributed by atoms with Crippen molar-refractivity contribution in [2.45, 2.75) is 31.9 Å². The number of rotatable bonds is 6. The predicted molar refractivity (Wildman–Crippen MR) is 114 cm³/mol. The molecule has 2 aromatic rings. The number of aliphatic hydroxyl groups excluding tert-OH is 1. The van der Waals surface area contributed by atoms with Gasteiger partial charge in [-0.1, -0.05) is 11.6 Å². The summed E-state index contributed by atoms with van der Waals surface area (Å²) < 4.78 is 28.2. The number of nitrogens with one attached hydrogen (secondary N) is 2. The normalized spacial score (nSPS) is 18.5. The van der Waals surface area contributed by atoms with Crippen LogP contribution >= 0.6 is 11.6 Å². The average molecular weight is 465 g/mol. The van der Waals surface area contributed by atoms with Crippen LogP contribution in [0.5, 0.6) is 0 Å². The number of hydrogen-bond acceptors (Lipinski definition) is 7. The number of carbonyl (C=O) groups is 1. The van der Waals surface area contributed by atoms with Crippen molar-refractivity contribution in [1.29, 1.82) is 5.26 Å². The van der Waals surface area contributed by atoms with E-state index in [1.54, 1.807) is 10.6 Å². The summed E-state index contributed by atoms with van der Waals surface area (Å²) >= 11 is 6.52. The highest BCUT2D eigenvalue weighted by Crippen LogP contribution is 2.38. The molecule has 3 N–H and O–H groups in total. The Bertz CT molecular complexity index is 1170. The molecule has 0 aliphatic carbocycles. The van der Waals surface area contributed by atoms with Gasteiger partial charge in [0.2, 0.25) is 10.0 Å². The molecule has 1 atom stereocenters. The Hall–Kier alpha value is -2.65. The Kier molecular flexibility index (Phi) is 5.90. The molecule has 4 rings (SSSR count).